The standard InChI is InChI=1S/C22H25N5O2/c1-14-2-4-15(5-3-14)12-26-10-11-27(13-18(26)28)21-17-8-9-23-22(29)19(17)24-20(25-21)16-6-7-16/h2-5,16H,6-13H2,1H3,(H,23,29). The number of nitrogens with zero attached hydrogens (tertiary/aromatic N) is 4. The number of piperazine rings is 1. The largest absolute Gasteiger partial charge is 0.350 e. The van der Waals surface area contributed by atoms with Crippen LogP contribution in [0.4, 0.5) is 5.82 Å². The third kappa shape index (κ3) is 3.57. The Balaban J connectivity index is 1.38. The number of carbonyl (C=O) groups excluding carboxylic acids is 2. The number of rotatable bonds is 4. The van der Waals surface area contributed by atoms with E-state index in [-0.39, 0.29) is 11.8 Å². The van der Waals surface area contributed by atoms with Crippen molar-refractivity contribution in [3.05, 3.63) is 52.5 Å². The van der Waals surface area contributed by atoms with E-state index in [2.05, 4.69) is 41.5 Å². The summed E-state index contributed by atoms with van der Waals surface area (Å²) in [7, 11) is 0. The van der Waals surface area contributed by atoms with Crippen molar-refractivity contribution in [1.82, 2.24) is 20.2 Å². The highest BCUT2D eigenvalue weighted by molar-refractivity contribution is 5.96. The molecule has 0 radical (unpaired) electrons. The Morgan fingerprint density at radius 3 is 2.62 bits per heavy atom. The van der Waals surface area contributed by atoms with Crippen molar-refractivity contribution in [2.45, 2.75) is 38.6 Å². The molecule has 7 heteroatoms. The molecule has 150 valence electrons. The number of anilines is 1. The minimum atomic E-state index is -0.124. The summed E-state index contributed by atoms with van der Waals surface area (Å²) in [4.78, 5) is 38.6. The first-order valence-electron chi connectivity index (χ1n) is 10.4. The van der Waals surface area contributed by atoms with Gasteiger partial charge in [-0.1, -0.05) is 29.8 Å². The number of nitrogens with one attached hydrogen (secondary N) is 1. The molecule has 3 aliphatic rings. The summed E-state index contributed by atoms with van der Waals surface area (Å²) in [5.74, 6) is 1.87. The summed E-state index contributed by atoms with van der Waals surface area (Å²) in [5, 5.41) is 2.88. The molecule has 5 rings (SSSR count). The molecule has 1 aromatic heterocycles. The molecule has 1 saturated heterocycles. The predicted molar refractivity (Wildman–Crippen MR) is 109 cm³/mol. The van der Waals surface area contributed by atoms with Gasteiger partial charge in [0.25, 0.3) is 5.91 Å². The minimum Gasteiger partial charge on any atom is -0.350 e. The van der Waals surface area contributed by atoms with Crippen LogP contribution < -0.4 is 10.2 Å². The van der Waals surface area contributed by atoms with Crippen molar-refractivity contribution >= 4 is 17.6 Å². The summed E-state index contributed by atoms with van der Waals surface area (Å²) in [5.41, 5.74) is 3.74. The fraction of sp³-hybridized carbons (Fsp3) is 0.455. The summed E-state index contributed by atoms with van der Waals surface area (Å²) in [6.07, 6.45) is 2.85. The highest BCUT2D eigenvalue weighted by Gasteiger charge is 2.34. The minimum absolute atomic E-state index is 0.0948. The first kappa shape index (κ1) is 18.1. The Kier molecular flexibility index (Phi) is 4.45. The number of amides is 2. The van der Waals surface area contributed by atoms with Crippen LogP contribution in [0.25, 0.3) is 0 Å². The molecule has 7 nitrogen and oxygen atoms in total. The Hall–Kier alpha value is -2.96. The van der Waals surface area contributed by atoms with E-state index < -0.39 is 0 Å². The third-order valence-electron chi connectivity index (χ3n) is 5.93. The Morgan fingerprint density at radius 2 is 1.90 bits per heavy atom. The molecule has 0 atom stereocenters. The van der Waals surface area contributed by atoms with Crippen LogP contribution in [0, 0.1) is 6.92 Å². The summed E-state index contributed by atoms with van der Waals surface area (Å²) in [6.45, 7) is 4.94. The van der Waals surface area contributed by atoms with E-state index in [0.717, 1.165) is 35.6 Å². The number of fused-ring (bicyclic) bond motifs is 1. The quantitative estimate of drug-likeness (QED) is 0.860. The van der Waals surface area contributed by atoms with Crippen molar-refractivity contribution in [3.63, 3.8) is 0 Å². The van der Waals surface area contributed by atoms with Crippen molar-refractivity contribution in [1.29, 1.82) is 0 Å². The van der Waals surface area contributed by atoms with E-state index in [9.17, 15) is 9.59 Å². The Labute approximate surface area is 170 Å². The van der Waals surface area contributed by atoms with Crippen LogP contribution in [0.1, 0.15) is 51.8 Å². The lowest BCUT2D eigenvalue weighted by Gasteiger charge is -2.36. The Morgan fingerprint density at radius 1 is 1.10 bits per heavy atom. The fourth-order valence-electron chi connectivity index (χ4n) is 4.05. The molecule has 3 heterocycles. The Bertz CT molecular complexity index is 968. The lowest BCUT2D eigenvalue weighted by molar-refractivity contribution is -0.131. The summed E-state index contributed by atoms with van der Waals surface area (Å²) < 4.78 is 0. The normalized spacial score (nSPS) is 19.2. The van der Waals surface area contributed by atoms with Crippen LogP contribution in [0.15, 0.2) is 24.3 Å². The molecule has 0 spiro atoms. The maximum Gasteiger partial charge on any atom is 0.270 e. The second kappa shape index (κ2) is 7.13. The average molecular weight is 391 g/mol. The summed E-state index contributed by atoms with van der Waals surface area (Å²) in [6, 6.07) is 8.31. The highest BCUT2D eigenvalue weighted by Crippen LogP contribution is 2.40. The molecule has 2 aliphatic heterocycles. The topological polar surface area (TPSA) is 78.4 Å². The van der Waals surface area contributed by atoms with Crippen molar-refractivity contribution in [3.8, 4) is 0 Å². The maximum absolute atomic E-state index is 12.9. The van der Waals surface area contributed by atoms with Crippen molar-refractivity contribution in [2.24, 2.45) is 0 Å². The predicted octanol–water partition coefficient (Wildman–Crippen LogP) is 1.80. The van der Waals surface area contributed by atoms with Crippen molar-refractivity contribution in [2.75, 3.05) is 31.1 Å². The van der Waals surface area contributed by atoms with E-state index in [4.69, 9.17) is 4.98 Å². The monoisotopic (exact) mass is 391 g/mol. The third-order valence-corrected chi connectivity index (χ3v) is 5.93. The number of hydrogen-bond acceptors (Lipinski definition) is 5. The van der Waals surface area contributed by atoms with Gasteiger partial charge in [-0.2, -0.15) is 0 Å². The average Bonchev–Trinajstić information content (AvgIpc) is 3.56. The number of aryl methyl sites for hydroxylation is 1. The zero-order valence-electron chi connectivity index (χ0n) is 16.6. The van der Waals surface area contributed by atoms with Gasteiger partial charge < -0.3 is 15.1 Å². The lowest BCUT2D eigenvalue weighted by atomic mass is 10.0. The molecule has 1 saturated carbocycles. The van der Waals surface area contributed by atoms with Gasteiger partial charge in [-0.25, -0.2) is 9.97 Å². The number of hydrogen-bond donors (Lipinski definition) is 1. The van der Waals surface area contributed by atoms with Crippen LogP contribution in [0.5, 0.6) is 0 Å². The van der Waals surface area contributed by atoms with Crippen LogP contribution in [-0.2, 0) is 17.8 Å². The molecule has 1 N–H and O–H groups in total. The van der Waals surface area contributed by atoms with Crippen LogP contribution >= 0.6 is 0 Å². The van der Waals surface area contributed by atoms with Gasteiger partial charge in [0.05, 0.1) is 6.54 Å². The smallest absolute Gasteiger partial charge is 0.270 e. The van der Waals surface area contributed by atoms with E-state index in [0.29, 0.717) is 50.8 Å². The molecule has 1 aromatic carbocycles. The number of aromatic nitrogens is 2. The van der Waals surface area contributed by atoms with Crippen molar-refractivity contribution < 1.29 is 9.59 Å². The zero-order valence-corrected chi connectivity index (χ0v) is 16.6. The molecule has 2 fully saturated rings. The molecule has 2 aromatic rings. The van der Waals surface area contributed by atoms with Gasteiger partial charge in [0, 0.05) is 37.7 Å². The molecule has 1 aliphatic carbocycles. The van der Waals surface area contributed by atoms with E-state index in [1.807, 2.05) is 9.80 Å². The van der Waals surface area contributed by atoms with Crippen LogP contribution in [-0.4, -0.2) is 52.9 Å². The second-order valence-electron chi connectivity index (χ2n) is 8.24. The van der Waals surface area contributed by atoms with E-state index in [1.54, 1.807) is 0 Å². The molecular formula is C22H25N5O2. The SMILES string of the molecule is Cc1ccc(CN2CCN(c3nc(C4CC4)nc4c3CCNC4=O)CC2=O)cc1. The van der Waals surface area contributed by atoms with Gasteiger partial charge >= 0.3 is 0 Å². The molecule has 29 heavy (non-hydrogen) atoms. The second-order valence-corrected chi connectivity index (χ2v) is 8.24. The van der Waals surface area contributed by atoms with E-state index in [1.165, 1.54) is 5.56 Å². The molecular weight excluding hydrogens is 366 g/mol. The lowest BCUT2D eigenvalue weighted by Crippen LogP contribution is -2.51. The van der Waals surface area contributed by atoms with Gasteiger partial charge in [0.1, 0.15) is 17.3 Å². The zero-order chi connectivity index (χ0) is 20.0. The fourth-order valence-corrected chi connectivity index (χ4v) is 4.05. The van der Waals surface area contributed by atoms with Crippen LogP contribution in [0.3, 0.4) is 0 Å². The first-order valence-corrected chi connectivity index (χ1v) is 10.4. The molecule has 0 bridgehead atoms. The van der Waals surface area contributed by atoms with Gasteiger partial charge in [-0.05, 0) is 31.7 Å². The molecule has 2 amide bonds. The maximum atomic E-state index is 12.9. The molecule has 0 unspecified atom stereocenters. The number of benzene rings is 1. The first-order chi connectivity index (χ1) is 14.1. The van der Waals surface area contributed by atoms with Gasteiger partial charge in [-0.3, -0.25) is 9.59 Å². The van der Waals surface area contributed by atoms with Gasteiger partial charge in [0.2, 0.25) is 5.91 Å². The summed E-state index contributed by atoms with van der Waals surface area (Å²) >= 11 is 0. The van der Waals surface area contributed by atoms with E-state index >= 15 is 0 Å². The highest BCUT2D eigenvalue weighted by atomic mass is 16.2. The van der Waals surface area contributed by atoms with Crippen LogP contribution in [0.2, 0.25) is 0 Å². The number of carbonyl (C=O) groups is 2. The van der Waals surface area contributed by atoms with Gasteiger partial charge in [0.15, 0.2) is 0 Å². The van der Waals surface area contributed by atoms with Gasteiger partial charge in [-0.15, -0.1) is 0 Å².